The van der Waals surface area contributed by atoms with Crippen molar-refractivity contribution in [2.45, 2.75) is 87.9 Å². The first-order valence-electron chi connectivity index (χ1n) is 16.1. The van der Waals surface area contributed by atoms with Crippen LogP contribution in [0.15, 0.2) is 18.2 Å². The van der Waals surface area contributed by atoms with Crippen LogP contribution in [0.4, 0.5) is 0 Å². The second kappa shape index (κ2) is 21.4. The SMILES string of the molecule is CC(C)C[C@H](NC(=O)C1(NC(=O)CCSCc2cccc(CSCCC(N)=O)n2)CCOCC1)C(=O)N[C@@H](CCCNC(=N)N)C(N)=O. The summed E-state index contributed by atoms with van der Waals surface area (Å²) in [5, 5.41) is 18.3. The van der Waals surface area contributed by atoms with Gasteiger partial charge in [0.1, 0.15) is 17.6 Å². The highest BCUT2D eigenvalue weighted by atomic mass is 32.2. The van der Waals surface area contributed by atoms with E-state index in [9.17, 15) is 24.0 Å². The minimum Gasteiger partial charge on any atom is -0.381 e. The van der Waals surface area contributed by atoms with Gasteiger partial charge in [-0.25, -0.2) is 0 Å². The third kappa shape index (κ3) is 15.6. The van der Waals surface area contributed by atoms with E-state index in [1.165, 1.54) is 0 Å². The van der Waals surface area contributed by atoms with Gasteiger partial charge in [-0.15, -0.1) is 0 Å². The Morgan fingerprint density at radius 2 is 1.58 bits per heavy atom. The zero-order valence-electron chi connectivity index (χ0n) is 27.8. The molecule has 1 aliphatic rings. The Labute approximate surface area is 290 Å². The van der Waals surface area contributed by atoms with Crippen molar-refractivity contribution >= 4 is 59.0 Å². The summed E-state index contributed by atoms with van der Waals surface area (Å²) in [5.74, 6) is -0.103. The molecule has 1 aromatic rings. The third-order valence-corrected chi connectivity index (χ3v) is 9.45. The monoisotopic (exact) mass is 709 g/mol. The van der Waals surface area contributed by atoms with Gasteiger partial charge in [-0.1, -0.05) is 19.9 Å². The third-order valence-electron chi connectivity index (χ3n) is 7.46. The number of carbonyl (C=O) groups is 5. The van der Waals surface area contributed by atoms with Gasteiger partial charge >= 0.3 is 0 Å². The highest BCUT2D eigenvalue weighted by Crippen LogP contribution is 2.23. The Morgan fingerprint density at radius 3 is 2.15 bits per heavy atom. The first kappa shape index (κ1) is 40.6. The molecule has 48 heavy (non-hydrogen) atoms. The topological polar surface area (TPSA) is 258 Å². The Balaban J connectivity index is 1.96. The summed E-state index contributed by atoms with van der Waals surface area (Å²) in [4.78, 5) is 67.9. The van der Waals surface area contributed by atoms with Gasteiger partial charge in [-0.05, 0) is 37.3 Å². The first-order chi connectivity index (χ1) is 22.8. The zero-order chi connectivity index (χ0) is 35.5. The largest absolute Gasteiger partial charge is 0.381 e. The lowest BCUT2D eigenvalue weighted by atomic mass is 9.87. The predicted molar refractivity (Wildman–Crippen MR) is 188 cm³/mol. The Kier molecular flexibility index (Phi) is 18.1. The average Bonchev–Trinajstić information content (AvgIpc) is 3.02. The fraction of sp³-hybridized carbons (Fsp3) is 0.645. The van der Waals surface area contributed by atoms with Crippen molar-refractivity contribution in [2.75, 3.05) is 31.3 Å². The zero-order valence-corrected chi connectivity index (χ0v) is 29.4. The van der Waals surface area contributed by atoms with Crippen LogP contribution < -0.4 is 38.5 Å². The van der Waals surface area contributed by atoms with E-state index in [0.29, 0.717) is 48.8 Å². The van der Waals surface area contributed by atoms with E-state index < -0.39 is 35.3 Å². The lowest BCUT2D eigenvalue weighted by Crippen LogP contribution is -2.64. The second-order valence-corrected chi connectivity index (χ2v) is 14.2. The van der Waals surface area contributed by atoms with Crippen LogP contribution in [0.1, 0.15) is 70.2 Å². The first-order valence-corrected chi connectivity index (χ1v) is 18.4. The number of pyridine rings is 1. The van der Waals surface area contributed by atoms with Crippen LogP contribution in [0, 0.1) is 11.3 Å². The summed E-state index contributed by atoms with van der Waals surface area (Å²) < 4.78 is 5.49. The number of nitrogens with two attached hydrogens (primary N) is 3. The van der Waals surface area contributed by atoms with Crippen molar-refractivity contribution in [1.82, 2.24) is 26.3 Å². The summed E-state index contributed by atoms with van der Waals surface area (Å²) in [5.41, 5.74) is 16.5. The lowest BCUT2D eigenvalue weighted by Gasteiger charge is -2.37. The number of guanidine groups is 1. The molecule has 0 saturated carbocycles. The van der Waals surface area contributed by atoms with Crippen molar-refractivity contribution in [3.8, 4) is 0 Å². The lowest BCUT2D eigenvalue weighted by molar-refractivity contribution is -0.140. The number of amides is 5. The van der Waals surface area contributed by atoms with Crippen molar-refractivity contribution in [2.24, 2.45) is 23.1 Å². The van der Waals surface area contributed by atoms with Crippen molar-refractivity contribution in [3.63, 3.8) is 0 Å². The van der Waals surface area contributed by atoms with Gasteiger partial charge in [0, 0.05) is 68.5 Å². The number of aromatic nitrogens is 1. The van der Waals surface area contributed by atoms with Crippen LogP contribution >= 0.6 is 23.5 Å². The van der Waals surface area contributed by atoms with Crippen LogP contribution in [0.3, 0.4) is 0 Å². The maximum atomic E-state index is 13.8. The number of ether oxygens (including phenoxy) is 1. The number of hydrogen-bond donors (Lipinski definition) is 8. The van der Waals surface area contributed by atoms with Crippen LogP contribution in [0.25, 0.3) is 0 Å². The Hall–Kier alpha value is -3.57. The van der Waals surface area contributed by atoms with Crippen molar-refractivity contribution in [3.05, 3.63) is 29.6 Å². The molecule has 268 valence electrons. The van der Waals surface area contributed by atoms with E-state index in [2.05, 4.69) is 26.3 Å². The number of primary amides is 2. The molecule has 0 radical (unpaired) electrons. The average molecular weight is 710 g/mol. The van der Waals surface area contributed by atoms with E-state index in [4.69, 9.17) is 27.3 Å². The molecule has 15 nitrogen and oxygen atoms in total. The molecule has 2 atom stereocenters. The molecular formula is C31H51N9O6S2. The van der Waals surface area contributed by atoms with Gasteiger partial charge < -0.3 is 43.2 Å². The van der Waals surface area contributed by atoms with Gasteiger partial charge in [0.05, 0.1) is 11.4 Å². The predicted octanol–water partition coefficient (Wildman–Crippen LogP) is 0.243. The standard InChI is InChI=1S/C31H51N9O6S2/c1-20(2)17-24(28(44)38-23(27(33)43)7-4-12-36-30(34)35)39-29(45)31(10-13-46-14-11-31)40-26(42)9-16-48-19-22-6-3-5-21(37-22)18-47-15-8-25(32)41/h3,5-6,20,23-24H,4,7-19H2,1-2H3,(H2,32,41)(H2,33,43)(H,38,44)(H,39,45)(H,40,42)(H4,34,35,36)/t23-,24-/m0/s1. The molecular weight excluding hydrogens is 659 g/mol. The molecule has 1 aliphatic heterocycles. The molecule has 1 saturated heterocycles. The smallest absolute Gasteiger partial charge is 0.246 e. The summed E-state index contributed by atoms with van der Waals surface area (Å²) >= 11 is 3.15. The van der Waals surface area contributed by atoms with E-state index >= 15 is 0 Å². The summed E-state index contributed by atoms with van der Waals surface area (Å²) in [6.07, 6.45) is 1.93. The summed E-state index contributed by atoms with van der Waals surface area (Å²) in [6.45, 7) is 4.68. The molecule has 2 rings (SSSR count). The minimum absolute atomic E-state index is 0.0286. The van der Waals surface area contributed by atoms with Crippen LogP contribution in [0.2, 0.25) is 0 Å². The van der Waals surface area contributed by atoms with Crippen molar-refractivity contribution in [1.29, 1.82) is 5.41 Å². The molecule has 1 fully saturated rings. The van der Waals surface area contributed by atoms with Crippen LogP contribution in [-0.4, -0.2) is 89.4 Å². The number of nitrogens with one attached hydrogen (secondary N) is 5. The van der Waals surface area contributed by atoms with Gasteiger partial charge in [0.25, 0.3) is 0 Å². The molecule has 0 aliphatic carbocycles. The maximum Gasteiger partial charge on any atom is 0.246 e. The van der Waals surface area contributed by atoms with Gasteiger partial charge in [0.15, 0.2) is 5.96 Å². The second-order valence-electron chi connectivity index (χ2n) is 12.0. The van der Waals surface area contributed by atoms with Crippen LogP contribution in [-0.2, 0) is 40.2 Å². The molecule has 5 amide bonds. The molecule has 17 heteroatoms. The number of rotatable bonds is 22. The number of carbonyl (C=O) groups excluding carboxylic acids is 5. The normalized spacial score (nSPS) is 15.1. The van der Waals surface area contributed by atoms with Gasteiger partial charge in [-0.2, -0.15) is 23.5 Å². The molecule has 0 aromatic carbocycles. The number of nitrogens with zero attached hydrogens (tertiary/aromatic N) is 1. The quantitative estimate of drug-likeness (QED) is 0.0460. The Morgan fingerprint density at radius 1 is 0.958 bits per heavy atom. The fourth-order valence-corrected chi connectivity index (χ4v) is 6.63. The summed E-state index contributed by atoms with van der Waals surface area (Å²) in [6, 6.07) is 3.85. The van der Waals surface area contributed by atoms with E-state index in [1.807, 2.05) is 32.0 Å². The van der Waals surface area contributed by atoms with E-state index in [1.54, 1.807) is 23.5 Å². The molecule has 0 unspecified atom stereocenters. The van der Waals surface area contributed by atoms with Gasteiger partial charge in [0.2, 0.25) is 29.5 Å². The maximum absolute atomic E-state index is 13.8. The molecule has 1 aromatic heterocycles. The molecule has 11 N–H and O–H groups in total. The minimum atomic E-state index is -1.25. The molecule has 0 spiro atoms. The van der Waals surface area contributed by atoms with Crippen molar-refractivity contribution < 1.29 is 28.7 Å². The van der Waals surface area contributed by atoms with Crippen LogP contribution in [0.5, 0.6) is 0 Å². The summed E-state index contributed by atoms with van der Waals surface area (Å²) in [7, 11) is 0. The highest BCUT2D eigenvalue weighted by molar-refractivity contribution is 7.98. The highest BCUT2D eigenvalue weighted by Gasteiger charge is 2.43. The Bertz CT molecular complexity index is 1250. The molecule has 2 heterocycles. The fourth-order valence-electron chi connectivity index (χ4n) is 4.93. The van der Waals surface area contributed by atoms with E-state index in [-0.39, 0.29) is 62.6 Å². The van der Waals surface area contributed by atoms with Gasteiger partial charge in [-0.3, -0.25) is 34.4 Å². The molecule has 0 bridgehead atoms. The number of thioether (sulfide) groups is 2. The number of hydrogen-bond acceptors (Lipinski definition) is 10. The van der Waals surface area contributed by atoms with E-state index in [0.717, 1.165) is 11.4 Å².